The molecule has 1 amide bonds. The summed E-state index contributed by atoms with van der Waals surface area (Å²) in [5.41, 5.74) is -0.142. The zero-order valence-corrected chi connectivity index (χ0v) is 13.2. The molecule has 20 heavy (non-hydrogen) atoms. The van der Waals surface area contributed by atoms with Gasteiger partial charge in [0.15, 0.2) is 0 Å². The van der Waals surface area contributed by atoms with Gasteiger partial charge in [0, 0.05) is 37.5 Å². The molecular formula is C14H21ClN4O. The Morgan fingerprint density at radius 1 is 1.45 bits per heavy atom. The van der Waals surface area contributed by atoms with Crippen LogP contribution in [-0.2, 0) is 10.2 Å². The molecule has 2 rings (SSSR count). The Hall–Kier alpha value is -1.36. The standard InChI is InChI=1S/C14H21ClN4O/c1-9(20)16-10-5-6-19(8-10)12-7-11(15)17-13(18-12)14(2,3)4/h7,10H,5-6,8H2,1-4H3,(H,16,20). The molecule has 0 bridgehead atoms. The normalized spacial score (nSPS) is 19.2. The number of hydrogen-bond donors (Lipinski definition) is 1. The molecule has 0 aromatic carbocycles. The predicted molar refractivity (Wildman–Crippen MR) is 80.2 cm³/mol. The number of rotatable bonds is 2. The molecule has 1 aromatic heterocycles. The van der Waals surface area contributed by atoms with E-state index in [0.717, 1.165) is 31.2 Å². The summed E-state index contributed by atoms with van der Waals surface area (Å²) in [6, 6.07) is 1.96. The van der Waals surface area contributed by atoms with Crippen LogP contribution in [0.4, 0.5) is 5.82 Å². The fraction of sp³-hybridized carbons (Fsp3) is 0.643. The Balaban J connectivity index is 2.18. The van der Waals surface area contributed by atoms with Crippen molar-refractivity contribution in [1.82, 2.24) is 15.3 Å². The van der Waals surface area contributed by atoms with Gasteiger partial charge in [-0.15, -0.1) is 0 Å². The van der Waals surface area contributed by atoms with E-state index in [4.69, 9.17) is 11.6 Å². The summed E-state index contributed by atoms with van der Waals surface area (Å²) in [5, 5.41) is 3.40. The highest BCUT2D eigenvalue weighted by Crippen LogP contribution is 2.26. The van der Waals surface area contributed by atoms with Gasteiger partial charge < -0.3 is 10.2 Å². The Morgan fingerprint density at radius 2 is 2.15 bits per heavy atom. The summed E-state index contributed by atoms with van der Waals surface area (Å²) >= 11 is 6.11. The number of aromatic nitrogens is 2. The van der Waals surface area contributed by atoms with Crippen LogP contribution >= 0.6 is 11.6 Å². The fourth-order valence-corrected chi connectivity index (χ4v) is 2.45. The molecule has 1 aliphatic heterocycles. The van der Waals surface area contributed by atoms with Gasteiger partial charge in [-0.05, 0) is 6.42 Å². The molecule has 1 fully saturated rings. The monoisotopic (exact) mass is 296 g/mol. The first-order valence-electron chi connectivity index (χ1n) is 6.83. The minimum absolute atomic E-state index is 0.00736. The second-order valence-electron chi connectivity index (χ2n) is 6.25. The summed E-state index contributed by atoms with van der Waals surface area (Å²) in [6.07, 6.45) is 0.923. The van der Waals surface area contributed by atoms with Gasteiger partial charge in [0.1, 0.15) is 16.8 Å². The molecule has 5 nitrogen and oxygen atoms in total. The molecule has 0 radical (unpaired) electrons. The van der Waals surface area contributed by atoms with Gasteiger partial charge in [-0.25, -0.2) is 9.97 Å². The van der Waals surface area contributed by atoms with E-state index in [2.05, 4.69) is 41.0 Å². The van der Waals surface area contributed by atoms with Gasteiger partial charge in [0.25, 0.3) is 0 Å². The molecule has 1 N–H and O–H groups in total. The van der Waals surface area contributed by atoms with E-state index in [1.807, 2.05) is 0 Å². The summed E-state index contributed by atoms with van der Waals surface area (Å²) in [6.45, 7) is 9.35. The molecule has 110 valence electrons. The van der Waals surface area contributed by atoms with Crippen LogP contribution in [0.25, 0.3) is 0 Å². The third-order valence-corrected chi connectivity index (χ3v) is 3.47. The van der Waals surface area contributed by atoms with Crippen molar-refractivity contribution in [2.24, 2.45) is 0 Å². The Kier molecular flexibility index (Phi) is 4.18. The van der Waals surface area contributed by atoms with Crippen molar-refractivity contribution in [1.29, 1.82) is 0 Å². The molecule has 1 aromatic rings. The van der Waals surface area contributed by atoms with Crippen LogP contribution < -0.4 is 10.2 Å². The van der Waals surface area contributed by atoms with Gasteiger partial charge in [-0.2, -0.15) is 0 Å². The van der Waals surface area contributed by atoms with Gasteiger partial charge >= 0.3 is 0 Å². The van der Waals surface area contributed by atoms with Crippen LogP contribution in [0.5, 0.6) is 0 Å². The molecular weight excluding hydrogens is 276 g/mol. The highest BCUT2D eigenvalue weighted by atomic mass is 35.5. The number of carbonyl (C=O) groups excluding carboxylic acids is 1. The smallest absolute Gasteiger partial charge is 0.217 e. The average Bonchev–Trinajstić information content (AvgIpc) is 2.74. The summed E-state index contributed by atoms with van der Waals surface area (Å²) in [7, 11) is 0. The van der Waals surface area contributed by atoms with Crippen LogP contribution in [0.1, 0.15) is 39.9 Å². The third-order valence-electron chi connectivity index (χ3n) is 3.27. The predicted octanol–water partition coefficient (Wildman–Crippen LogP) is 2.14. The lowest BCUT2D eigenvalue weighted by atomic mass is 9.96. The Morgan fingerprint density at radius 3 is 2.75 bits per heavy atom. The van der Waals surface area contributed by atoms with Crippen molar-refractivity contribution in [3.8, 4) is 0 Å². The summed E-state index contributed by atoms with van der Waals surface area (Å²) in [4.78, 5) is 22.2. The maximum absolute atomic E-state index is 11.1. The van der Waals surface area contributed by atoms with Crippen LogP contribution in [0.15, 0.2) is 6.07 Å². The van der Waals surface area contributed by atoms with Crippen molar-refractivity contribution in [2.75, 3.05) is 18.0 Å². The first-order chi connectivity index (χ1) is 9.25. The maximum Gasteiger partial charge on any atom is 0.217 e. The van der Waals surface area contributed by atoms with E-state index < -0.39 is 0 Å². The van der Waals surface area contributed by atoms with Crippen LogP contribution in [0, 0.1) is 0 Å². The van der Waals surface area contributed by atoms with E-state index in [0.29, 0.717) is 5.15 Å². The van der Waals surface area contributed by atoms with E-state index in [9.17, 15) is 4.79 Å². The van der Waals surface area contributed by atoms with Crippen molar-refractivity contribution in [3.05, 3.63) is 17.0 Å². The highest BCUT2D eigenvalue weighted by molar-refractivity contribution is 6.29. The lowest BCUT2D eigenvalue weighted by Crippen LogP contribution is -2.35. The minimum Gasteiger partial charge on any atom is -0.354 e. The first kappa shape index (κ1) is 15.0. The number of hydrogen-bond acceptors (Lipinski definition) is 4. The van der Waals surface area contributed by atoms with E-state index in [-0.39, 0.29) is 17.4 Å². The number of halogens is 1. The number of amides is 1. The van der Waals surface area contributed by atoms with Crippen molar-refractivity contribution in [2.45, 2.75) is 45.6 Å². The third kappa shape index (κ3) is 3.60. The number of nitrogens with zero attached hydrogens (tertiary/aromatic N) is 3. The fourth-order valence-electron chi connectivity index (χ4n) is 2.28. The molecule has 0 aliphatic carbocycles. The second-order valence-corrected chi connectivity index (χ2v) is 6.64. The minimum atomic E-state index is -0.142. The van der Waals surface area contributed by atoms with Gasteiger partial charge in [-0.3, -0.25) is 4.79 Å². The van der Waals surface area contributed by atoms with Crippen LogP contribution in [0.2, 0.25) is 5.15 Å². The number of nitrogens with one attached hydrogen (secondary N) is 1. The average molecular weight is 297 g/mol. The number of carbonyl (C=O) groups is 1. The number of anilines is 1. The van der Waals surface area contributed by atoms with Crippen LogP contribution in [-0.4, -0.2) is 35.0 Å². The first-order valence-corrected chi connectivity index (χ1v) is 7.20. The zero-order valence-electron chi connectivity index (χ0n) is 12.4. The highest BCUT2D eigenvalue weighted by Gasteiger charge is 2.26. The van der Waals surface area contributed by atoms with E-state index in [1.165, 1.54) is 0 Å². The van der Waals surface area contributed by atoms with Crippen molar-refractivity contribution >= 4 is 23.3 Å². The van der Waals surface area contributed by atoms with Gasteiger partial charge in [-0.1, -0.05) is 32.4 Å². The molecule has 2 heterocycles. The largest absolute Gasteiger partial charge is 0.354 e. The lowest BCUT2D eigenvalue weighted by molar-refractivity contribution is -0.119. The molecule has 6 heteroatoms. The Bertz CT molecular complexity index is 512. The summed E-state index contributed by atoms with van der Waals surface area (Å²) < 4.78 is 0. The molecule has 1 aliphatic rings. The van der Waals surface area contributed by atoms with Crippen molar-refractivity contribution in [3.63, 3.8) is 0 Å². The Labute approximate surface area is 124 Å². The van der Waals surface area contributed by atoms with Crippen molar-refractivity contribution < 1.29 is 4.79 Å². The second kappa shape index (κ2) is 5.56. The quantitative estimate of drug-likeness (QED) is 0.850. The maximum atomic E-state index is 11.1. The van der Waals surface area contributed by atoms with E-state index >= 15 is 0 Å². The van der Waals surface area contributed by atoms with Gasteiger partial charge in [0.05, 0.1) is 0 Å². The molecule has 1 saturated heterocycles. The lowest BCUT2D eigenvalue weighted by Gasteiger charge is -2.22. The molecule has 1 unspecified atom stereocenters. The molecule has 0 saturated carbocycles. The zero-order chi connectivity index (χ0) is 14.9. The SMILES string of the molecule is CC(=O)NC1CCN(c2cc(Cl)nc(C(C)(C)C)n2)C1. The molecule has 1 atom stereocenters. The summed E-state index contributed by atoms with van der Waals surface area (Å²) in [5.74, 6) is 1.58. The molecule has 0 spiro atoms. The van der Waals surface area contributed by atoms with Gasteiger partial charge in [0.2, 0.25) is 5.91 Å². The van der Waals surface area contributed by atoms with E-state index in [1.54, 1.807) is 13.0 Å². The van der Waals surface area contributed by atoms with Crippen LogP contribution in [0.3, 0.4) is 0 Å². The topological polar surface area (TPSA) is 58.1 Å².